The van der Waals surface area contributed by atoms with E-state index in [2.05, 4.69) is 18.9 Å². The molecule has 3 saturated carbocycles. The highest BCUT2D eigenvalue weighted by Gasteiger charge is 2.59. The number of aliphatic hydroxyl groups is 1. The van der Waals surface area contributed by atoms with Gasteiger partial charge in [0.2, 0.25) is 0 Å². The number of Topliss-reactive ketones (excluding diaryl/α,β-unsaturated/α-hetero) is 1. The molecule has 0 amide bonds. The van der Waals surface area contributed by atoms with Crippen molar-refractivity contribution in [2.24, 2.45) is 40.9 Å². The lowest BCUT2D eigenvalue weighted by Gasteiger charge is -2.55. The SMILES string of the molecule is CC[C@H]1[C@H](CC[C@@H](C)O)[C@H]2CC[C@]3(C)[C@@H](C(=O)Cn4ccc(C#N)n4)CC[C@H]3[C@@H]2C[C@H]1F. The van der Waals surface area contributed by atoms with E-state index in [1.54, 1.807) is 16.9 Å². The molecule has 5 nitrogen and oxygen atoms in total. The van der Waals surface area contributed by atoms with E-state index >= 15 is 4.39 Å². The van der Waals surface area contributed by atoms with Crippen molar-refractivity contribution in [2.45, 2.75) is 91.0 Å². The third kappa shape index (κ3) is 4.14. The van der Waals surface area contributed by atoms with Gasteiger partial charge in [0.25, 0.3) is 0 Å². The molecule has 0 aliphatic heterocycles. The zero-order valence-corrected chi connectivity index (χ0v) is 19.7. The maximum Gasteiger partial charge on any atom is 0.162 e. The Hall–Kier alpha value is -1.74. The van der Waals surface area contributed by atoms with Crippen LogP contribution in [-0.4, -0.2) is 32.9 Å². The number of carbonyl (C=O) groups excluding carboxylic acids is 1. The molecule has 3 fully saturated rings. The van der Waals surface area contributed by atoms with E-state index in [-0.39, 0.29) is 35.7 Å². The summed E-state index contributed by atoms with van der Waals surface area (Å²) in [6.07, 6.45) is 7.72. The summed E-state index contributed by atoms with van der Waals surface area (Å²) in [5.74, 6) is 1.89. The standard InChI is InChI=1S/C26H38FN3O2/c1-4-18-19(6-5-16(2)31)20-9-11-26(3)22(21(20)13-24(18)27)7-8-23(26)25(32)15-30-12-10-17(14-28)29-30/h10,12,16,18-24,31H,4-9,11,13,15H2,1-3H3/t16-,18+,19+,20-,21-,22+,23-,24-,26+/m1/s1. The van der Waals surface area contributed by atoms with Crippen LogP contribution in [0.2, 0.25) is 0 Å². The van der Waals surface area contributed by atoms with Crippen molar-refractivity contribution in [3.8, 4) is 6.07 Å². The largest absolute Gasteiger partial charge is 0.393 e. The third-order valence-electron chi connectivity index (χ3n) is 9.41. The minimum atomic E-state index is -0.772. The highest BCUT2D eigenvalue weighted by molar-refractivity contribution is 5.82. The summed E-state index contributed by atoms with van der Waals surface area (Å²) in [4.78, 5) is 13.3. The molecule has 4 rings (SSSR count). The predicted octanol–water partition coefficient (Wildman–Crippen LogP) is 4.93. The van der Waals surface area contributed by atoms with E-state index in [1.807, 2.05) is 13.0 Å². The van der Waals surface area contributed by atoms with Gasteiger partial charge in [-0.15, -0.1) is 0 Å². The number of halogens is 1. The summed E-state index contributed by atoms with van der Waals surface area (Å²) in [6, 6.07) is 3.65. The molecule has 0 saturated heterocycles. The number of nitrogens with zero attached hydrogens (tertiary/aromatic N) is 3. The Morgan fingerprint density at radius 3 is 2.81 bits per heavy atom. The van der Waals surface area contributed by atoms with Crippen LogP contribution in [0.3, 0.4) is 0 Å². The van der Waals surface area contributed by atoms with Crippen molar-refractivity contribution < 1.29 is 14.3 Å². The molecule has 9 atom stereocenters. The molecule has 1 N–H and O–H groups in total. The molecule has 3 aliphatic carbocycles. The Balaban J connectivity index is 1.51. The van der Waals surface area contributed by atoms with Gasteiger partial charge in [-0.2, -0.15) is 10.4 Å². The second-order valence-electron chi connectivity index (χ2n) is 11.0. The first kappa shape index (κ1) is 23.4. The first-order valence-electron chi connectivity index (χ1n) is 12.6. The summed E-state index contributed by atoms with van der Waals surface area (Å²) in [5, 5.41) is 23.0. The van der Waals surface area contributed by atoms with Crippen LogP contribution in [0.4, 0.5) is 4.39 Å². The molecule has 1 aromatic rings. The molecule has 32 heavy (non-hydrogen) atoms. The van der Waals surface area contributed by atoms with Crippen LogP contribution in [0.5, 0.6) is 0 Å². The average molecular weight is 444 g/mol. The summed E-state index contributed by atoms with van der Waals surface area (Å²) < 4.78 is 17.0. The first-order valence-corrected chi connectivity index (χ1v) is 12.6. The van der Waals surface area contributed by atoms with E-state index in [4.69, 9.17) is 5.26 Å². The van der Waals surface area contributed by atoms with Gasteiger partial charge < -0.3 is 5.11 Å². The number of alkyl halides is 1. The van der Waals surface area contributed by atoms with Crippen molar-refractivity contribution in [3.05, 3.63) is 18.0 Å². The van der Waals surface area contributed by atoms with Crippen LogP contribution >= 0.6 is 0 Å². The van der Waals surface area contributed by atoms with Crippen molar-refractivity contribution in [3.63, 3.8) is 0 Å². The lowest BCUT2D eigenvalue weighted by atomic mass is 9.50. The van der Waals surface area contributed by atoms with Gasteiger partial charge in [0, 0.05) is 12.1 Å². The first-order chi connectivity index (χ1) is 15.3. The second-order valence-corrected chi connectivity index (χ2v) is 11.0. The van der Waals surface area contributed by atoms with Gasteiger partial charge in [0.15, 0.2) is 11.5 Å². The maximum atomic E-state index is 15.4. The number of nitriles is 1. The second kappa shape index (κ2) is 9.25. The monoisotopic (exact) mass is 443 g/mol. The van der Waals surface area contributed by atoms with E-state index in [0.717, 1.165) is 44.9 Å². The molecule has 1 heterocycles. The van der Waals surface area contributed by atoms with Gasteiger partial charge >= 0.3 is 0 Å². The van der Waals surface area contributed by atoms with E-state index in [9.17, 15) is 9.90 Å². The van der Waals surface area contributed by atoms with Gasteiger partial charge in [-0.1, -0.05) is 20.3 Å². The number of carbonyl (C=O) groups is 1. The van der Waals surface area contributed by atoms with Gasteiger partial charge in [0.05, 0.1) is 12.6 Å². The van der Waals surface area contributed by atoms with Crippen molar-refractivity contribution in [1.29, 1.82) is 5.26 Å². The number of rotatable bonds is 7. The zero-order valence-electron chi connectivity index (χ0n) is 19.7. The fourth-order valence-electron chi connectivity index (χ4n) is 7.94. The van der Waals surface area contributed by atoms with Gasteiger partial charge in [-0.05, 0) is 92.9 Å². The molecule has 0 radical (unpaired) electrons. The molecule has 3 aliphatic rings. The molecule has 176 valence electrons. The highest BCUT2D eigenvalue weighted by atomic mass is 19.1. The molecular formula is C26H38FN3O2. The minimum Gasteiger partial charge on any atom is -0.393 e. The van der Waals surface area contributed by atoms with E-state index in [0.29, 0.717) is 35.8 Å². The summed E-state index contributed by atoms with van der Waals surface area (Å²) >= 11 is 0. The quantitative estimate of drug-likeness (QED) is 0.648. The van der Waals surface area contributed by atoms with E-state index < -0.39 is 6.17 Å². The molecule has 1 aromatic heterocycles. The van der Waals surface area contributed by atoms with Gasteiger partial charge in [-0.25, -0.2) is 4.39 Å². The summed E-state index contributed by atoms with van der Waals surface area (Å²) in [7, 11) is 0. The topological polar surface area (TPSA) is 78.9 Å². The van der Waals surface area contributed by atoms with Crippen LogP contribution < -0.4 is 0 Å². The summed E-state index contributed by atoms with van der Waals surface area (Å²) in [6.45, 7) is 6.43. The number of hydrogen-bond donors (Lipinski definition) is 1. The van der Waals surface area contributed by atoms with Crippen molar-refractivity contribution in [1.82, 2.24) is 9.78 Å². The van der Waals surface area contributed by atoms with E-state index in [1.165, 1.54) is 0 Å². The normalized spacial score (nSPS) is 39.7. The number of aromatic nitrogens is 2. The highest BCUT2D eigenvalue weighted by Crippen LogP contribution is 2.64. The lowest BCUT2D eigenvalue weighted by Crippen LogP contribution is -2.51. The van der Waals surface area contributed by atoms with Crippen LogP contribution in [0.25, 0.3) is 0 Å². The smallest absolute Gasteiger partial charge is 0.162 e. The minimum absolute atomic E-state index is 0.0129. The number of ketones is 1. The van der Waals surface area contributed by atoms with Crippen LogP contribution in [0.15, 0.2) is 12.3 Å². The maximum absolute atomic E-state index is 15.4. The Bertz CT molecular complexity index is 861. The number of hydrogen-bond acceptors (Lipinski definition) is 4. The van der Waals surface area contributed by atoms with Crippen LogP contribution in [-0.2, 0) is 11.3 Å². The molecule has 0 unspecified atom stereocenters. The Kier molecular flexibility index (Phi) is 6.77. The fraction of sp³-hybridized carbons (Fsp3) is 0.808. The predicted molar refractivity (Wildman–Crippen MR) is 120 cm³/mol. The number of aliphatic hydroxyl groups excluding tert-OH is 1. The fourth-order valence-corrected chi connectivity index (χ4v) is 7.94. The Labute approximate surface area is 191 Å². The van der Waals surface area contributed by atoms with Gasteiger partial charge in [-0.3, -0.25) is 9.48 Å². The average Bonchev–Trinajstić information content (AvgIpc) is 3.35. The van der Waals surface area contributed by atoms with Gasteiger partial charge in [0.1, 0.15) is 12.2 Å². The molecule has 6 heteroatoms. The Morgan fingerprint density at radius 1 is 1.38 bits per heavy atom. The van der Waals surface area contributed by atoms with Crippen LogP contribution in [0.1, 0.15) is 77.8 Å². The van der Waals surface area contributed by atoms with Crippen molar-refractivity contribution >= 4 is 5.78 Å². The van der Waals surface area contributed by atoms with Crippen LogP contribution in [0, 0.1) is 52.3 Å². The lowest BCUT2D eigenvalue weighted by molar-refractivity contribution is -0.132. The molecule has 0 aromatic carbocycles. The number of fused-ring (bicyclic) bond motifs is 3. The third-order valence-corrected chi connectivity index (χ3v) is 9.41. The Morgan fingerprint density at radius 2 is 2.16 bits per heavy atom. The van der Waals surface area contributed by atoms with Crippen molar-refractivity contribution in [2.75, 3.05) is 0 Å². The molecule has 0 spiro atoms. The molecular weight excluding hydrogens is 405 g/mol. The summed E-state index contributed by atoms with van der Waals surface area (Å²) in [5.41, 5.74) is 0.260. The molecule has 0 bridgehead atoms. The zero-order chi connectivity index (χ0) is 23.0.